The van der Waals surface area contributed by atoms with Gasteiger partial charge in [-0.3, -0.25) is 14.4 Å². The molecule has 2 heterocycles. The van der Waals surface area contributed by atoms with Crippen molar-refractivity contribution in [3.8, 4) is 11.8 Å². The molecule has 1 aromatic rings. The predicted molar refractivity (Wildman–Crippen MR) is 117 cm³/mol. The zero-order valence-corrected chi connectivity index (χ0v) is 18.1. The SMILES string of the molecule is COc1cccc2c1C[C@@H](C(=O)N[C@@H](CC1CC1)C(=O)N[C@H](C#N)C[C@@H]1CCNC1=O)N2. The van der Waals surface area contributed by atoms with Crippen LogP contribution in [0.15, 0.2) is 18.2 Å². The molecule has 2 fully saturated rings. The molecule has 0 radical (unpaired) electrons. The maximum Gasteiger partial charge on any atom is 0.243 e. The third-order valence-corrected chi connectivity index (χ3v) is 6.46. The molecule has 3 aliphatic rings. The lowest BCUT2D eigenvalue weighted by atomic mass is 9.98. The van der Waals surface area contributed by atoms with Crippen LogP contribution in [0.3, 0.4) is 0 Å². The fourth-order valence-electron chi connectivity index (χ4n) is 4.47. The second-order valence-corrected chi connectivity index (χ2v) is 8.83. The van der Waals surface area contributed by atoms with Gasteiger partial charge in [-0.1, -0.05) is 18.9 Å². The minimum absolute atomic E-state index is 0.0790. The highest BCUT2D eigenvalue weighted by Crippen LogP contribution is 2.35. The Morgan fingerprint density at radius 1 is 1.25 bits per heavy atom. The normalized spacial score (nSPS) is 23.2. The summed E-state index contributed by atoms with van der Waals surface area (Å²) in [6.07, 6.45) is 4.02. The zero-order valence-electron chi connectivity index (χ0n) is 18.1. The van der Waals surface area contributed by atoms with Crippen LogP contribution >= 0.6 is 0 Å². The minimum atomic E-state index is -0.770. The van der Waals surface area contributed by atoms with Gasteiger partial charge in [0.05, 0.1) is 13.2 Å². The van der Waals surface area contributed by atoms with E-state index in [1.54, 1.807) is 7.11 Å². The van der Waals surface area contributed by atoms with Gasteiger partial charge in [0, 0.05) is 30.1 Å². The van der Waals surface area contributed by atoms with E-state index in [2.05, 4.69) is 27.3 Å². The maximum atomic E-state index is 13.0. The summed E-state index contributed by atoms with van der Waals surface area (Å²) in [7, 11) is 1.60. The Labute approximate surface area is 187 Å². The number of carbonyl (C=O) groups excluding carboxylic acids is 3. The number of fused-ring (bicyclic) bond motifs is 1. The molecular formula is C23H29N5O4. The topological polar surface area (TPSA) is 132 Å². The van der Waals surface area contributed by atoms with Crippen molar-refractivity contribution in [1.82, 2.24) is 16.0 Å². The summed E-state index contributed by atoms with van der Waals surface area (Å²) >= 11 is 0. The van der Waals surface area contributed by atoms with Gasteiger partial charge in [0.25, 0.3) is 0 Å². The number of nitrogens with zero attached hydrogens (tertiary/aromatic N) is 1. The second-order valence-electron chi connectivity index (χ2n) is 8.83. The predicted octanol–water partition coefficient (Wildman–Crippen LogP) is 0.851. The Morgan fingerprint density at radius 3 is 2.72 bits per heavy atom. The quantitative estimate of drug-likeness (QED) is 0.451. The highest BCUT2D eigenvalue weighted by molar-refractivity contribution is 5.93. The minimum Gasteiger partial charge on any atom is -0.496 e. The summed E-state index contributed by atoms with van der Waals surface area (Å²) in [6.45, 7) is 0.595. The van der Waals surface area contributed by atoms with Crippen molar-refractivity contribution in [1.29, 1.82) is 5.26 Å². The zero-order chi connectivity index (χ0) is 22.7. The van der Waals surface area contributed by atoms with E-state index in [4.69, 9.17) is 4.74 Å². The molecule has 0 aromatic heterocycles. The summed E-state index contributed by atoms with van der Waals surface area (Å²) in [5.74, 6) is 0.152. The van der Waals surface area contributed by atoms with Crippen LogP contribution in [0.25, 0.3) is 0 Å². The van der Waals surface area contributed by atoms with Gasteiger partial charge in [0.15, 0.2) is 0 Å². The molecule has 9 nitrogen and oxygen atoms in total. The van der Waals surface area contributed by atoms with Crippen molar-refractivity contribution >= 4 is 23.4 Å². The summed E-state index contributed by atoms with van der Waals surface area (Å²) in [5, 5.41) is 21.1. The molecule has 1 aliphatic carbocycles. The van der Waals surface area contributed by atoms with Crippen molar-refractivity contribution < 1.29 is 19.1 Å². The molecule has 1 saturated heterocycles. The van der Waals surface area contributed by atoms with E-state index in [0.717, 1.165) is 29.8 Å². The number of rotatable bonds is 9. The fraction of sp³-hybridized carbons (Fsp3) is 0.565. The summed E-state index contributed by atoms with van der Waals surface area (Å²) < 4.78 is 5.39. The van der Waals surface area contributed by atoms with E-state index in [0.29, 0.717) is 31.7 Å². The highest BCUT2D eigenvalue weighted by atomic mass is 16.5. The summed E-state index contributed by atoms with van der Waals surface area (Å²) in [6, 6.07) is 5.73. The summed E-state index contributed by atoms with van der Waals surface area (Å²) in [4.78, 5) is 37.8. The molecule has 0 unspecified atom stereocenters. The number of nitrogens with one attached hydrogen (secondary N) is 4. The Kier molecular flexibility index (Phi) is 6.49. The molecule has 4 N–H and O–H groups in total. The van der Waals surface area contributed by atoms with Crippen molar-refractivity contribution in [2.75, 3.05) is 19.0 Å². The number of amides is 3. The molecule has 1 saturated carbocycles. The average molecular weight is 440 g/mol. The van der Waals surface area contributed by atoms with Crippen molar-refractivity contribution in [3.63, 3.8) is 0 Å². The van der Waals surface area contributed by atoms with Crippen LogP contribution in [0, 0.1) is 23.2 Å². The van der Waals surface area contributed by atoms with Gasteiger partial charge < -0.3 is 26.0 Å². The molecule has 32 heavy (non-hydrogen) atoms. The molecule has 170 valence electrons. The van der Waals surface area contributed by atoms with Crippen LogP contribution in [-0.2, 0) is 20.8 Å². The van der Waals surface area contributed by atoms with Crippen LogP contribution in [-0.4, -0.2) is 49.5 Å². The van der Waals surface area contributed by atoms with Crippen molar-refractivity contribution in [3.05, 3.63) is 23.8 Å². The number of methoxy groups -OCH3 is 1. The molecule has 4 rings (SSSR count). The Morgan fingerprint density at radius 2 is 2.06 bits per heavy atom. The van der Waals surface area contributed by atoms with E-state index >= 15 is 0 Å². The van der Waals surface area contributed by atoms with Crippen LogP contribution < -0.4 is 26.0 Å². The van der Waals surface area contributed by atoms with Crippen LogP contribution in [0.1, 0.15) is 37.7 Å². The molecule has 2 aliphatic heterocycles. The first kappa shape index (κ1) is 21.9. The van der Waals surface area contributed by atoms with Gasteiger partial charge in [0.1, 0.15) is 23.9 Å². The van der Waals surface area contributed by atoms with Gasteiger partial charge in [-0.05, 0) is 37.3 Å². The lowest BCUT2D eigenvalue weighted by molar-refractivity contribution is -0.130. The first-order chi connectivity index (χ1) is 15.5. The van der Waals surface area contributed by atoms with Crippen LogP contribution in [0.5, 0.6) is 5.75 Å². The second kappa shape index (κ2) is 9.47. The summed E-state index contributed by atoms with van der Waals surface area (Å²) in [5.41, 5.74) is 1.80. The van der Waals surface area contributed by atoms with E-state index in [9.17, 15) is 19.6 Å². The Hall–Kier alpha value is -3.28. The monoisotopic (exact) mass is 439 g/mol. The number of hydrogen-bond acceptors (Lipinski definition) is 6. The van der Waals surface area contributed by atoms with E-state index in [-0.39, 0.29) is 30.1 Å². The van der Waals surface area contributed by atoms with Gasteiger partial charge in [-0.2, -0.15) is 5.26 Å². The lowest BCUT2D eigenvalue weighted by Gasteiger charge is -2.23. The molecule has 1 aromatic carbocycles. The first-order valence-corrected chi connectivity index (χ1v) is 11.2. The number of carbonyl (C=O) groups is 3. The fourth-order valence-corrected chi connectivity index (χ4v) is 4.47. The van der Waals surface area contributed by atoms with Gasteiger partial charge in [-0.15, -0.1) is 0 Å². The third-order valence-electron chi connectivity index (χ3n) is 6.46. The van der Waals surface area contributed by atoms with Gasteiger partial charge in [0.2, 0.25) is 17.7 Å². The van der Waals surface area contributed by atoms with Gasteiger partial charge >= 0.3 is 0 Å². The standard InChI is InChI=1S/C23H29N5O4/c1-32-20-4-2-3-17-16(20)11-19(27-17)23(31)28-18(9-13-5-6-13)22(30)26-15(12-24)10-14-7-8-25-21(14)29/h2-4,13-15,18-19,27H,5-11H2,1H3,(H,25,29)(H,26,30)(H,28,31)/t14-,15-,18-,19-/m0/s1. The number of nitriles is 1. The Bertz CT molecular complexity index is 939. The van der Waals surface area contributed by atoms with E-state index < -0.39 is 18.1 Å². The van der Waals surface area contributed by atoms with Crippen molar-refractivity contribution in [2.45, 2.75) is 56.7 Å². The van der Waals surface area contributed by atoms with E-state index in [1.165, 1.54) is 0 Å². The molecule has 9 heteroatoms. The number of anilines is 1. The third kappa shape index (κ3) is 4.96. The molecular weight excluding hydrogens is 410 g/mol. The number of benzene rings is 1. The molecule has 0 spiro atoms. The van der Waals surface area contributed by atoms with E-state index in [1.807, 2.05) is 18.2 Å². The lowest BCUT2D eigenvalue weighted by Crippen LogP contribution is -2.53. The number of ether oxygens (including phenoxy) is 1. The highest BCUT2D eigenvalue weighted by Gasteiger charge is 2.36. The molecule has 3 amide bonds. The largest absolute Gasteiger partial charge is 0.496 e. The first-order valence-electron chi connectivity index (χ1n) is 11.2. The van der Waals surface area contributed by atoms with Crippen LogP contribution in [0.2, 0.25) is 0 Å². The maximum absolute atomic E-state index is 13.0. The average Bonchev–Trinajstić information content (AvgIpc) is 3.35. The molecule has 4 atom stereocenters. The molecule has 0 bridgehead atoms. The van der Waals surface area contributed by atoms with Crippen molar-refractivity contribution in [2.24, 2.45) is 11.8 Å². The van der Waals surface area contributed by atoms with Crippen LogP contribution in [0.4, 0.5) is 5.69 Å². The Balaban J connectivity index is 1.37. The number of hydrogen-bond donors (Lipinski definition) is 4. The smallest absolute Gasteiger partial charge is 0.243 e. The van der Waals surface area contributed by atoms with Gasteiger partial charge in [-0.25, -0.2) is 0 Å².